The molecule has 1 rings (SSSR count). The van der Waals surface area contributed by atoms with Gasteiger partial charge < -0.3 is 10.6 Å². The first-order valence-electron chi connectivity index (χ1n) is 7.07. The van der Waals surface area contributed by atoms with Gasteiger partial charge in [0.15, 0.2) is 0 Å². The smallest absolute Gasteiger partial charge is 0.227 e. The van der Waals surface area contributed by atoms with Crippen LogP contribution in [-0.2, 0) is 4.79 Å². The molecule has 0 spiro atoms. The molecule has 0 saturated heterocycles. The van der Waals surface area contributed by atoms with Gasteiger partial charge in [-0.25, -0.2) is 4.98 Å². The van der Waals surface area contributed by atoms with Crippen molar-refractivity contribution in [3.63, 3.8) is 0 Å². The Morgan fingerprint density at radius 1 is 1.26 bits per heavy atom. The number of carbonyl (C=O) groups is 1. The van der Waals surface area contributed by atoms with E-state index in [1.807, 2.05) is 26.0 Å². The van der Waals surface area contributed by atoms with E-state index in [0.717, 1.165) is 30.9 Å². The normalized spacial score (nSPS) is 10.8. The lowest BCUT2D eigenvalue weighted by Gasteiger charge is -2.13. The van der Waals surface area contributed by atoms with Gasteiger partial charge in [-0.15, -0.1) is 0 Å². The van der Waals surface area contributed by atoms with Gasteiger partial charge in [-0.3, -0.25) is 4.79 Å². The van der Waals surface area contributed by atoms with Crippen LogP contribution in [0.4, 0.5) is 11.5 Å². The second-order valence-electron chi connectivity index (χ2n) is 5.21. The van der Waals surface area contributed by atoms with Crippen molar-refractivity contribution in [1.29, 1.82) is 0 Å². The zero-order valence-corrected chi connectivity index (χ0v) is 12.4. The Labute approximate surface area is 116 Å². The van der Waals surface area contributed by atoms with Gasteiger partial charge in [-0.05, 0) is 30.9 Å². The maximum Gasteiger partial charge on any atom is 0.227 e. The van der Waals surface area contributed by atoms with Crippen LogP contribution in [0.1, 0.15) is 40.5 Å². The van der Waals surface area contributed by atoms with Crippen LogP contribution >= 0.6 is 0 Å². The summed E-state index contributed by atoms with van der Waals surface area (Å²) in [5, 5.41) is 6.15. The summed E-state index contributed by atoms with van der Waals surface area (Å²) in [4.78, 5) is 16.2. The molecule has 1 aromatic heterocycles. The zero-order chi connectivity index (χ0) is 14.3. The fourth-order valence-corrected chi connectivity index (χ4v) is 1.78. The van der Waals surface area contributed by atoms with Crippen molar-refractivity contribution in [2.45, 2.75) is 40.5 Å². The third kappa shape index (κ3) is 5.28. The number of nitrogens with one attached hydrogen (secondary N) is 2. The highest BCUT2D eigenvalue weighted by atomic mass is 16.1. The predicted octanol–water partition coefficient (Wildman–Crippen LogP) is 3.52. The first-order chi connectivity index (χ1) is 9.06. The van der Waals surface area contributed by atoms with E-state index in [4.69, 9.17) is 0 Å². The Kier molecular flexibility index (Phi) is 6.33. The Morgan fingerprint density at radius 2 is 1.95 bits per heavy atom. The van der Waals surface area contributed by atoms with Crippen LogP contribution in [0.5, 0.6) is 0 Å². The van der Waals surface area contributed by atoms with Gasteiger partial charge in [-0.2, -0.15) is 0 Å². The van der Waals surface area contributed by atoms with E-state index < -0.39 is 0 Å². The van der Waals surface area contributed by atoms with Crippen molar-refractivity contribution >= 4 is 17.4 Å². The standard InChI is InChI=1S/C15H25N3O/c1-5-12(6-2)15(19)18-13-7-8-14(17-10-13)16-9-11(3)4/h7-8,10-12H,5-6,9H2,1-4H3,(H,16,17)(H,18,19). The topological polar surface area (TPSA) is 54.0 Å². The number of aromatic nitrogens is 1. The fraction of sp³-hybridized carbons (Fsp3) is 0.600. The number of rotatable bonds is 7. The van der Waals surface area contributed by atoms with E-state index in [9.17, 15) is 4.79 Å². The quantitative estimate of drug-likeness (QED) is 0.791. The molecule has 0 saturated carbocycles. The molecule has 19 heavy (non-hydrogen) atoms. The molecular formula is C15H25N3O. The lowest BCUT2D eigenvalue weighted by atomic mass is 10.0. The average Bonchev–Trinajstić information content (AvgIpc) is 2.39. The van der Waals surface area contributed by atoms with Crippen molar-refractivity contribution in [3.05, 3.63) is 18.3 Å². The highest BCUT2D eigenvalue weighted by Gasteiger charge is 2.13. The monoisotopic (exact) mass is 263 g/mol. The predicted molar refractivity (Wildman–Crippen MR) is 80.3 cm³/mol. The first kappa shape index (κ1) is 15.5. The Morgan fingerprint density at radius 3 is 2.42 bits per heavy atom. The lowest BCUT2D eigenvalue weighted by Crippen LogP contribution is -2.21. The molecule has 1 amide bonds. The van der Waals surface area contributed by atoms with E-state index >= 15 is 0 Å². The van der Waals surface area contributed by atoms with Gasteiger partial charge in [0.1, 0.15) is 5.82 Å². The Hall–Kier alpha value is -1.58. The van der Waals surface area contributed by atoms with Gasteiger partial charge >= 0.3 is 0 Å². The summed E-state index contributed by atoms with van der Waals surface area (Å²) >= 11 is 0. The van der Waals surface area contributed by atoms with Crippen LogP contribution in [0.3, 0.4) is 0 Å². The third-order valence-electron chi connectivity index (χ3n) is 3.08. The molecule has 0 radical (unpaired) electrons. The largest absolute Gasteiger partial charge is 0.370 e. The van der Waals surface area contributed by atoms with Crippen LogP contribution < -0.4 is 10.6 Å². The zero-order valence-electron chi connectivity index (χ0n) is 12.4. The van der Waals surface area contributed by atoms with Crippen LogP contribution in [0, 0.1) is 11.8 Å². The Bertz CT molecular complexity index is 383. The van der Waals surface area contributed by atoms with E-state index in [-0.39, 0.29) is 11.8 Å². The van der Waals surface area contributed by atoms with Gasteiger partial charge in [-0.1, -0.05) is 27.7 Å². The number of amides is 1. The van der Waals surface area contributed by atoms with Gasteiger partial charge in [0.2, 0.25) is 5.91 Å². The molecular weight excluding hydrogens is 238 g/mol. The molecule has 1 aromatic rings. The molecule has 0 aliphatic carbocycles. The van der Waals surface area contributed by atoms with Crippen LogP contribution in [-0.4, -0.2) is 17.4 Å². The van der Waals surface area contributed by atoms with Gasteiger partial charge in [0.05, 0.1) is 11.9 Å². The second-order valence-corrected chi connectivity index (χ2v) is 5.21. The molecule has 0 aliphatic heterocycles. The van der Waals surface area contributed by atoms with Crippen molar-refractivity contribution in [2.24, 2.45) is 11.8 Å². The Balaban J connectivity index is 2.54. The number of hydrogen-bond acceptors (Lipinski definition) is 3. The summed E-state index contributed by atoms with van der Waals surface area (Å²) in [5.41, 5.74) is 0.756. The summed E-state index contributed by atoms with van der Waals surface area (Å²) in [5.74, 6) is 1.58. The summed E-state index contributed by atoms with van der Waals surface area (Å²) in [7, 11) is 0. The minimum atomic E-state index is 0.0784. The highest BCUT2D eigenvalue weighted by molar-refractivity contribution is 5.92. The minimum Gasteiger partial charge on any atom is -0.370 e. The molecule has 0 atom stereocenters. The molecule has 2 N–H and O–H groups in total. The minimum absolute atomic E-state index is 0.0784. The maximum atomic E-state index is 11.9. The summed E-state index contributed by atoms with van der Waals surface area (Å²) < 4.78 is 0. The molecule has 4 heteroatoms. The molecule has 0 aromatic carbocycles. The molecule has 1 heterocycles. The number of hydrogen-bond donors (Lipinski definition) is 2. The van der Waals surface area contributed by atoms with Gasteiger partial charge in [0, 0.05) is 12.5 Å². The SMILES string of the molecule is CCC(CC)C(=O)Nc1ccc(NCC(C)C)nc1. The van der Waals surface area contributed by atoms with Crippen LogP contribution in [0.25, 0.3) is 0 Å². The average molecular weight is 263 g/mol. The molecule has 0 aliphatic rings. The molecule has 106 valence electrons. The molecule has 0 bridgehead atoms. The van der Waals surface area contributed by atoms with Gasteiger partial charge in [0.25, 0.3) is 0 Å². The van der Waals surface area contributed by atoms with Crippen molar-refractivity contribution in [2.75, 3.05) is 17.2 Å². The van der Waals surface area contributed by atoms with E-state index in [1.165, 1.54) is 0 Å². The first-order valence-corrected chi connectivity index (χ1v) is 7.07. The maximum absolute atomic E-state index is 11.9. The number of nitrogens with zero attached hydrogens (tertiary/aromatic N) is 1. The second kappa shape index (κ2) is 7.77. The summed E-state index contributed by atoms with van der Waals surface area (Å²) in [6.07, 6.45) is 3.43. The fourth-order valence-electron chi connectivity index (χ4n) is 1.78. The summed E-state index contributed by atoms with van der Waals surface area (Å²) in [6, 6.07) is 3.78. The van der Waals surface area contributed by atoms with E-state index in [2.05, 4.69) is 29.5 Å². The number of carbonyl (C=O) groups excluding carboxylic acids is 1. The molecule has 4 nitrogen and oxygen atoms in total. The van der Waals surface area contributed by atoms with E-state index in [1.54, 1.807) is 6.20 Å². The highest BCUT2D eigenvalue weighted by Crippen LogP contribution is 2.14. The lowest BCUT2D eigenvalue weighted by molar-refractivity contribution is -0.120. The van der Waals surface area contributed by atoms with Crippen molar-refractivity contribution in [3.8, 4) is 0 Å². The van der Waals surface area contributed by atoms with Crippen LogP contribution in [0.2, 0.25) is 0 Å². The molecule has 0 unspecified atom stereocenters. The summed E-state index contributed by atoms with van der Waals surface area (Å²) in [6.45, 7) is 9.26. The molecule has 0 fully saturated rings. The third-order valence-corrected chi connectivity index (χ3v) is 3.08. The number of anilines is 2. The van der Waals surface area contributed by atoms with Crippen molar-refractivity contribution in [1.82, 2.24) is 4.98 Å². The van der Waals surface area contributed by atoms with E-state index in [0.29, 0.717) is 5.92 Å². The van der Waals surface area contributed by atoms with Crippen LogP contribution in [0.15, 0.2) is 18.3 Å². The number of pyridine rings is 1. The van der Waals surface area contributed by atoms with Crippen molar-refractivity contribution < 1.29 is 4.79 Å².